The lowest BCUT2D eigenvalue weighted by Gasteiger charge is -2.30. The number of hydrogen-bond donors (Lipinski definition) is 1. The van der Waals surface area contributed by atoms with Gasteiger partial charge in [-0.25, -0.2) is 4.98 Å². The Morgan fingerprint density at radius 1 is 1.09 bits per heavy atom. The predicted molar refractivity (Wildman–Crippen MR) is 138 cm³/mol. The van der Waals surface area contributed by atoms with Gasteiger partial charge in [-0.15, -0.1) is 0 Å². The Labute approximate surface area is 209 Å². The van der Waals surface area contributed by atoms with E-state index in [1.165, 1.54) is 40.7 Å². The number of nitrogens with one attached hydrogen (secondary N) is 1. The smallest absolute Gasteiger partial charge is 0.261 e. The Morgan fingerprint density at radius 3 is 2.57 bits per heavy atom. The van der Waals surface area contributed by atoms with Crippen molar-refractivity contribution in [1.29, 1.82) is 0 Å². The van der Waals surface area contributed by atoms with E-state index in [4.69, 9.17) is 0 Å². The molecule has 1 N–H and O–H groups in total. The van der Waals surface area contributed by atoms with Gasteiger partial charge in [0.2, 0.25) is 0 Å². The predicted octanol–water partition coefficient (Wildman–Crippen LogP) is 5.03. The van der Waals surface area contributed by atoms with Crippen LogP contribution in [0.4, 0.5) is 5.13 Å². The first-order valence-corrected chi connectivity index (χ1v) is 13.0. The van der Waals surface area contributed by atoms with Crippen molar-refractivity contribution in [2.75, 3.05) is 25.0 Å². The SMILES string of the molecule is CC(C)CN1C(=O)c2ccc(C(=O)Nc3nc4ccc(CN5CCC(C)CC5)cc4s3)cc2C1=O. The van der Waals surface area contributed by atoms with Gasteiger partial charge < -0.3 is 0 Å². The molecule has 182 valence electrons. The summed E-state index contributed by atoms with van der Waals surface area (Å²) in [6.45, 7) is 9.78. The van der Waals surface area contributed by atoms with Gasteiger partial charge in [0.1, 0.15) is 0 Å². The van der Waals surface area contributed by atoms with Crippen LogP contribution in [0.2, 0.25) is 0 Å². The third kappa shape index (κ3) is 4.86. The lowest BCUT2D eigenvalue weighted by molar-refractivity contribution is 0.0636. The van der Waals surface area contributed by atoms with Crippen molar-refractivity contribution in [2.24, 2.45) is 11.8 Å². The summed E-state index contributed by atoms with van der Waals surface area (Å²) >= 11 is 1.44. The number of rotatable bonds is 6. The second-order valence-corrected chi connectivity index (χ2v) is 11.1. The van der Waals surface area contributed by atoms with E-state index in [1.54, 1.807) is 12.1 Å². The van der Waals surface area contributed by atoms with Gasteiger partial charge in [0.15, 0.2) is 5.13 Å². The maximum absolute atomic E-state index is 12.9. The lowest BCUT2D eigenvalue weighted by atomic mass is 9.99. The maximum Gasteiger partial charge on any atom is 0.261 e. The number of carbonyl (C=O) groups excluding carboxylic acids is 3. The number of likely N-dealkylation sites (tertiary alicyclic amines) is 1. The van der Waals surface area contributed by atoms with E-state index < -0.39 is 0 Å². The number of benzene rings is 2. The molecular formula is C27H30N4O3S. The van der Waals surface area contributed by atoms with E-state index in [1.807, 2.05) is 19.9 Å². The Balaban J connectivity index is 1.29. The zero-order chi connectivity index (χ0) is 24.7. The molecule has 2 aliphatic heterocycles. The van der Waals surface area contributed by atoms with Crippen molar-refractivity contribution in [1.82, 2.24) is 14.8 Å². The highest BCUT2D eigenvalue weighted by Gasteiger charge is 2.36. The van der Waals surface area contributed by atoms with Crippen molar-refractivity contribution in [2.45, 2.75) is 40.2 Å². The average molecular weight is 491 g/mol. The highest BCUT2D eigenvalue weighted by atomic mass is 32.1. The second kappa shape index (κ2) is 9.51. The summed E-state index contributed by atoms with van der Waals surface area (Å²) in [5.41, 5.74) is 3.06. The molecule has 1 aromatic heterocycles. The van der Waals surface area contributed by atoms with Crippen LogP contribution in [0.3, 0.4) is 0 Å². The Bertz CT molecular complexity index is 1310. The van der Waals surface area contributed by atoms with Crippen LogP contribution in [-0.2, 0) is 6.54 Å². The fourth-order valence-electron chi connectivity index (χ4n) is 4.73. The van der Waals surface area contributed by atoms with Crippen molar-refractivity contribution in [3.05, 3.63) is 58.7 Å². The first-order chi connectivity index (χ1) is 16.8. The third-order valence-electron chi connectivity index (χ3n) is 6.74. The fraction of sp³-hybridized carbons (Fsp3) is 0.407. The molecule has 1 fully saturated rings. The van der Waals surface area contributed by atoms with Crippen LogP contribution in [0.15, 0.2) is 36.4 Å². The molecule has 5 rings (SSSR count). The summed E-state index contributed by atoms with van der Waals surface area (Å²) < 4.78 is 1.03. The normalized spacial score (nSPS) is 17.0. The molecular weight excluding hydrogens is 460 g/mol. The minimum Gasteiger partial charge on any atom is -0.299 e. The van der Waals surface area contributed by atoms with Crippen LogP contribution >= 0.6 is 11.3 Å². The van der Waals surface area contributed by atoms with Gasteiger partial charge in [0.05, 0.1) is 21.3 Å². The van der Waals surface area contributed by atoms with Crippen LogP contribution in [0.25, 0.3) is 10.2 Å². The fourth-order valence-corrected chi connectivity index (χ4v) is 5.66. The van der Waals surface area contributed by atoms with Crippen LogP contribution in [0.1, 0.15) is 70.3 Å². The number of aromatic nitrogens is 1. The topological polar surface area (TPSA) is 82.6 Å². The number of amides is 3. The van der Waals surface area contributed by atoms with E-state index in [0.717, 1.165) is 35.8 Å². The standard InChI is InChI=1S/C27H30N4O3S/c1-16(2)14-31-25(33)20-6-5-19(13-21(20)26(31)34)24(32)29-27-28-22-7-4-18(12-23(22)35-27)15-30-10-8-17(3)9-11-30/h4-7,12-13,16-17H,8-11,14-15H2,1-3H3,(H,28,29,32). The van der Waals surface area contributed by atoms with Gasteiger partial charge in [-0.1, -0.05) is 38.2 Å². The second-order valence-electron chi connectivity index (χ2n) is 10.1. The van der Waals surface area contributed by atoms with Crippen molar-refractivity contribution < 1.29 is 14.4 Å². The maximum atomic E-state index is 12.9. The number of hydrogen-bond acceptors (Lipinski definition) is 6. The van der Waals surface area contributed by atoms with Crippen molar-refractivity contribution in [3.63, 3.8) is 0 Å². The van der Waals surface area contributed by atoms with E-state index in [0.29, 0.717) is 22.8 Å². The summed E-state index contributed by atoms with van der Waals surface area (Å²) in [6, 6.07) is 10.9. The Hall–Kier alpha value is -3.10. The number of fused-ring (bicyclic) bond motifs is 2. The molecule has 7 nitrogen and oxygen atoms in total. The zero-order valence-electron chi connectivity index (χ0n) is 20.3. The van der Waals surface area contributed by atoms with E-state index >= 15 is 0 Å². The minimum absolute atomic E-state index is 0.170. The number of thiazole rings is 1. The number of piperidine rings is 1. The van der Waals surface area contributed by atoms with Gasteiger partial charge >= 0.3 is 0 Å². The zero-order valence-corrected chi connectivity index (χ0v) is 21.2. The highest BCUT2D eigenvalue weighted by Crippen LogP contribution is 2.29. The summed E-state index contributed by atoms with van der Waals surface area (Å²) in [4.78, 5) is 46.6. The molecule has 0 bridgehead atoms. The molecule has 0 unspecified atom stereocenters. The summed E-state index contributed by atoms with van der Waals surface area (Å²) in [7, 11) is 0. The van der Waals surface area contributed by atoms with Gasteiger partial charge in [-0.05, 0) is 73.7 Å². The monoisotopic (exact) mass is 490 g/mol. The summed E-state index contributed by atoms with van der Waals surface area (Å²) in [5.74, 6) is -0.0134. The molecule has 2 aromatic carbocycles. The third-order valence-corrected chi connectivity index (χ3v) is 7.67. The molecule has 3 aromatic rings. The van der Waals surface area contributed by atoms with Crippen LogP contribution in [-0.4, -0.2) is 52.1 Å². The van der Waals surface area contributed by atoms with Gasteiger partial charge in [0, 0.05) is 18.7 Å². The molecule has 0 radical (unpaired) electrons. The summed E-state index contributed by atoms with van der Waals surface area (Å²) in [5, 5.41) is 3.37. The molecule has 3 amide bonds. The van der Waals surface area contributed by atoms with Crippen LogP contribution in [0.5, 0.6) is 0 Å². The highest BCUT2D eigenvalue weighted by molar-refractivity contribution is 7.22. The van der Waals surface area contributed by atoms with Gasteiger partial charge in [0.25, 0.3) is 17.7 Å². The molecule has 0 saturated carbocycles. The number of carbonyl (C=O) groups is 3. The molecule has 2 aliphatic rings. The molecule has 35 heavy (non-hydrogen) atoms. The summed E-state index contributed by atoms with van der Waals surface area (Å²) in [6.07, 6.45) is 2.49. The number of imide groups is 1. The van der Waals surface area contributed by atoms with E-state index in [2.05, 4.69) is 34.3 Å². The Kier molecular flexibility index (Phi) is 6.42. The molecule has 0 atom stereocenters. The molecule has 0 aliphatic carbocycles. The molecule has 3 heterocycles. The number of anilines is 1. The average Bonchev–Trinajstić information content (AvgIpc) is 3.33. The van der Waals surface area contributed by atoms with Crippen LogP contribution in [0, 0.1) is 11.8 Å². The molecule has 0 spiro atoms. The quantitative estimate of drug-likeness (QED) is 0.490. The van der Waals surface area contributed by atoms with Crippen molar-refractivity contribution in [3.8, 4) is 0 Å². The largest absolute Gasteiger partial charge is 0.299 e. The van der Waals surface area contributed by atoms with E-state index in [9.17, 15) is 14.4 Å². The lowest BCUT2D eigenvalue weighted by Crippen LogP contribution is -2.33. The first kappa shape index (κ1) is 23.6. The van der Waals surface area contributed by atoms with Gasteiger partial charge in [-0.3, -0.25) is 29.5 Å². The van der Waals surface area contributed by atoms with Crippen LogP contribution < -0.4 is 5.32 Å². The number of nitrogens with zero attached hydrogens (tertiary/aromatic N) is 3. The Morgan fingerprint density at radius 2 is 1.83 bits per heavy atom. The van der Waals surface area contributed by atoms with Crippen molar-refractivity contribution >= 4 is 44.4 Å². The van der Waals surface area contributed by atoms with E-state index in [-0.39, 0.29) is 29.2 Å². The molecule has 8 heteroatoms. The van der Waals surface area contributed by atoms with Gasteiger partial charge in [-0.2, -0.15) is 0 Å². The molecule has 1 saturated heterocycles. The minimum atomic E-state index is -0.350. The first-order valence-electron chi connectivity index (χ1n) is 12.2.